The Balaban J connectivity index is 0.00000243. The van der Waals surface area contributed by atoms with Crippen LogP contribution in [0.4, 0.5) is 4.39 Å². The van der Waals surface area contributed by atoms with Crippen molar-refractivity contribution in [2.24, 2.45) is 5.92 Å². The summed E-state index contributed by atoms with van der Waals surface area (Å²) in [5.74, 6) is -0.160. The van der Waals surface area contributed by atoms with Gasteiger partial charge in [-0.1, -0.05) is 42.5 Å². The summed E-state index contributed by atoms with van der Waals surface area (Å²) >= 11 is 0. The molecule has 0 spiro atoms. The number of piperidine rings is 1. The number of hydrogen-bond donors (Lipinski definition) is 2. The lowest BCUT2D eigenvalue weighted by molar-refractivity contribution is -0.126. The van der Waals surface area contributed by atoms with Crippen LogP contribution in [0.3, 0.4) is 0 Å². The molecule has 0 bridgehead atoms. The van der Waals surface area contributed by atoms with E-state index >= 15 is 0 Å². The summed E-state index contributed by atoms with van der Waals surface area (Å²) in [7, 11) is 0. The van der Waals surface area contributed by atoms with Crippen molar-refractivity contribution >= 4 is 18.3 Å². The highest BCUT2D eigenvalue weighted by atomic mass is 35.5. The molecule has 140 valence electrons. The molecule has 3 rings (SSSR count). The summed E-state index contributed by atoms with van der Waals surface area (Å²) in [6.07, 6.45) is 1.67. The lowest BCUT2D eigenvalue weighted by Crippen LogP contribution is -2.41. The molecule has 2 aromatic rings. The lowest BCUT2D eigenvalue weighted by Gasteiger charge is -2.26. The van der Waals surface area contributed by atoms with Gasteiger partial charge in [0.05, 0.1) is 6.04 Å². The van der Waals surface area contributed by atoms with Crippen LogP contribution in [0.1, 0.15) is 24.4 Å². The fourth-order valence-corrected chi connectivity index (χ4v) is 3.02. The third kappa shape index (κ3) is 5.44. The van der Waals surface area contributed by atoms with Crippen molar-refractivity contribution in [2.45, 2.75) is 18.9 Å². The first kappa shape index (κ1) is 20.2. The van der Waals surface area contributed by atoms with Crippen molar-refractivity contribution in [3.8, 4) is 5.75 Å². The van der Waals surface area contributed by atoms with Gasteiger partial charge in [-0.05, 0) is 43.6 Å². The molecule has 1 amide bonds. The average molecular weight is 379 g/mol. The molecule has 1 aliphatic heterocycles. The zero-order valence-electron chi connectivity index (χ0n) is 14.5. The number of ether oxygens (including phenoxy) is 1. The number of amides is 1. The predicted molar refractivity (Wildman–Crippen MR) is 102 cm³/mol. The Morgan fingerprint density at radius 1 is 1.12 bits per heavy atom. The minimum Gasteiger partial charge on any atom is -0.488 e. The first-order valence-electron chi connectivity index (χ1n) is 8.67. The summed E-state index contributed by atoms with van der Waals surface area (Å²) in [5.41, 5.74) is 0.945. The van der Waals surface area contributed by atoms with E-state index in [0.29, 0.717) is 0 Å². The second-order valence-corrected chi connectivity index (χ2v) is 6.24. The number of rotatable bonds is 6. The third-order valence-electron chi connectivity index (χ3n) is 4.47. The number of halogens is 2. The first-order valence-corrected chi connectivity index (χ1v) is 8.67. The SMILES string of the molecule is Cl.O=C(NC(COc1ccccc1F)c1ccccc1)C1CCNCC1. The van der Waals surface area contributed by atoms with Gasteiger partial charge in [0.1, 0.15) is 6.61 Å². The molecule has 1 fully saturated rings. The van der Waals surface area contributed by atoms with Gasteiger partial charge in [-0.25, -0.2) is 4.39 Å². The molecule has 1 unspecified atom stereocenters. The van der Waals surface area contributed by atoms with E-state index in [1.54, 1.807) is 18.2 Å². The molecule has 6 heteroatoms. The Morgan fingerprint density at radius 2 is 1.77 bits per heavy atom. The Bertz CT molecular complexity index is 693. The fourth-order valence-electron chi connectivity index (χ4n) is 3.02. The quantitative estimate of drug-likeness (QED) is 0.809. The monoisotopic (exact) mass is 378 g/mol. The smallest absolute Gasteiger partial charge is 0.223 e. The highest BCUT2D eigenvalue weighted by molar-refractivity contribution is 5.85. The van der Waals surface area contributed by atoms with E-state index in [2.05, 4.69) is 10.6 Å². The maximum atomic E-state index is 13.8. The summed E-state index contributed by atoms with van der Waals surface area (Å²) in [4.78, 5) is 12.6. The minimum atomic E-state index is -0.404. The zero-order valence-corrected chi connectivity index (χ0v) is 15.3. The molecule has 0 radical (unpaired) electrons. The van der Waals surface area contributed by atoms with Crippen LogP contribution in [0.15, 0.2) is 54.6 Å². The van der Waals surface area contributed by atoms with Crippen LogP contribution in [-0.4, -0.2) is 25.6 Å². The lowest BCUT2D eigenvalue weighted by atomic mass is 9.96. The molecule has 1 atom stereocenters. The summed E-state index contributed by atoms with van der Waals surface area (Å²) < 4.78 is 19.4. The van der Waals surface area contributed by atoms with Gasteiger partial charge in [0.15, 0.2) is 11.6 Å². The molecule has 0 aromatic heterocycles. The number of carbonyl (C=O) groups is 1. The average Bonchev–Trinajstić information content (AvgIpc) is 2.67. The van der Waals surface area contributed by atoms with Crippen LogP contribution >= 0.6 is 12.4 Å². The summed E-state index contributed by atoms with van der Waals surface area (Å²) in [5, 5.41) is 6.34. The molecule has 1 saturated heterocycles. The van der Waals surface area contributed by atoms with Crippen LogP contribution in [0, 0.1) is 11.7 Å². The van der Waals surface area contributed by atoms with Gasteiger partial charge in [0.25, 0.3) is 0 Å². The maximum Gasteiger partial charge on any atom is 0.223 e. The predicted octanol–water partition coefficient (Wildman–Crippen LogP) is 3.48. The maximum absolute atomic E-state index is 13.8. The zero-order chi connectivity index (χ0) is 17.5. The molecule has 0 saturated carbocycles. The van der Waals surface area contributed by atoms with Crippen molar-refractivity contribution in [1.29, 1.82) is 0 Å². The second kappa shape index (κ2) is 10.1. The molecular formula is C20H24ClFN2O2. The van der Waals surface area contributed by atoms with Crippen molar-refractivity contribution in [2.75, 3.05) is 19.7 Å². The largest absolute Gasteiger partial charge is 0.488 e. The van der Waals surface area contributed by atoms with Gasteiger partial charge in [-0.15, -0.1) is 12.4 Å². The molecular weight excluding hydrogens is 355 g/mol. The Hall–Kier alpha value is -2.11. The van der Waals surface area contributed by atoms with E-state index in [9.17, 15) is 9.18 Å². The minimum absolute atomic E-state index is 0. The molecule has 26 heavy (non-hydrogen) atoms. The third-order valence-corrected chi connectivity index (χ3v) is 4.47. The second-order valence-electron chi connectivity index (χ2n) is 6.24. The fraction of sp³-hybridized carbons (Fsp3) is 0.350. The van der Waals surface area contributed by atoms with Gasteiger partial charge in [-0.3, -0.25) is 4.79 Å². The number of benzene rings is 2. The Morgan fingerprint density at radius 3 is 2.46 bits per heavy atom. The standard InChI is InChI=1S/C20H23FN2O2.ClH/c21-17-8-4-5-9-19(17)25-14-18(15-6-2-1-3-7-15)23-20(24)16-10-12-22-13-11-16;/h1-9,16,18,22H,10-14H2,(H,23,24);1H. The number of nitrogens with one attached hydrogen (secondary N) is 2. The van der Waals surface area contributed by atoms with Crippen molar-refractivity contribution in [1.82, 2.24) is 10.6 Å². The Kier molecular flexibility index (Phi) is 7.88. The van der Waals surface area contributed by atoms with E-state index in [1.807, 2.05) is 30.3 Å². The van der Waals surface area contributed by atoms with Gasteiger partial charge in [0, 0.05) is 5.92 Å². The van der Waals surface area contributed by atoms with E-state index in [4.69, 9.17) is 4.74 Å². The number of para-hydroxylation sites is 1. The van der Waals surface area contributed by atoms with Gasteiger partial charge in [-0.2, -0.15) is 0 Å². The first-order chi connectivity index (χ1) is 12.2. The molecule has 2 N–H and O–H groups in total. The van der Waals surface area contributed by atoms with Gasteiger partial charge < -0.3 is 15.4 Å². The van der Waals surface area contributed by atoms with Crippen LogP contribution in [0.2, 0.25) is 0 Å². The van der Waals surface area contributed by atoms with E-state index < -0.39 is 5.82 Å². The van der Waals surface area contributed by atoms with Crippen molar-refractivity contribution in [3.05, 3.63) is 66.0 Å². The van der Waals surface area contributed by atoms with Crippen LogP contribution in [0.5, 0.6) is 5.75 Å². The number of carbonyl (C=O) groups excluding carboxylic acids is 1. The van der Waals surface area contributed by atoms with Gasteiger partial charge >= 0.3 is 0 Å². The van der Waals surface area contributed by atoms with Crippen molar-refractivity contribution in [3.63, 3.8) is 0 Å². The normalized spacial score (nSPS) is 15.6. The van der Waals surface area contributed by atoms with Crippen LogP contribution in [0.25, 0.3) is 0 Å². The van der Waals surface area contributed by atoms with Crippen LogP contribution < -0.4 is 15.4 Å². The summed E-state index contributed by atoms with van der Waals surface area (Å²) in [6, 6.07) is 15.6. The van der Waals surface area contributed by atoms with Crippen LogP contribution in [-0.2, 0) is 4.79 Å². The van der Waals surface area contributed by atoms with Gasteiger partial charge in [0.2, 0.25) is 5.91 Å². The highest BCUT2D eigenvalue weighted by Gasteiger charge is 2.24. The Labute approximate surface area is 159 Å². The molecule has 4 nitrogen and oxygen atoms in total. The van der Waals surface area contributed by atoms with E-state index in [1.165, 1.54) is 6.07 Å². The van der Waals surface area contributed by atoms with E-state index in [0.717, 1.165) is 31.5 Å². The molecule has 1 aliphatic rings. The molecule has 1 heterocycles. The number of hydrogen-bond acceptors (Lipinski definition) is 3. The van der Waals surface area contributed by atoms with Crippen molar-refractivity contribution < 1.29 is 13.9 Å². The summed E-state index contributed by atoms with van der Waals surface area (Å²) in [6.45, 7) is 1.90. The van der Waals surface area contributed by atoms with E-state index in [-0.39, 0.29) is 42.6 Å². The highest BCUT2D eigenvalue weighted by Crippen LogP contribution is 2.21. The topological polar surface area (TPSA) is 50.4 Å². The molecule has 0 aliphatic carbocycles. The molecule has 2 aromatic carbocycles.